The summed E-state index contributed by atoms with van der Waals surface area (Å²) in [5, 5.41) is 0.836. The van der Waals surface area contributed by atoms with Crippen molar-refractivity contribution in [3.8, 4) is 0 Å². The largest absolute Gasteiger partial charge is 0.465 e. The fourth-order valence-electron chi connectivity index (χ4n) is 2.74. The molecule has 0 saturated carbocycles. The highest BCUT2D eigenvalue weighted by atomic mass is 35.5. The zero-order valence-electron chi connectivity index (χ0n) is 10.6. The number of halogens is 1. The number of aryl methyl sites for hydroxylation is 1. The van der Waals surface area contributed by atoms with Crippen molar-refractivity contribution >= 4 is 11.6 Å². The van der Waals surface area contributed by atoms with E-state index in [1.54, 1.807) is 0 Å². The number of furan rings is 1. The van der Waals surface area contributed by atoms with Gasteiger partial charge in [0.1, 0.15) is 11.5 Å². The Labute approximate surface area is 112 Å². The number of nitrogens with zero attached hydrogens (tertiary/aromatic N) is 1. The summed E-state index contributed by atoms with van der Waals surface area (Å²) in [4.78, 5) is 2.28. The summed E-state index contributed by atoms with van der Waals surface area (Å²) < 4.78 is 5.78. The van der Waals surface area contributed by atoms with Crippen LogP contribution in [-0.2, 0) is 6.54 Å². The van der Waals surface area contributed by atoms with Crippen LogP contribution in [0, 0.1) is 6.92 Å². The van der Waals surface area contributed by atoms with Gasteiger partial charge in [-0.15, -0.1) is 0 Å². The third-order valence-electron chi connectivity index (χ3n) is 3.53. The Bertz CT molecular complexity index is 576. The van der Waals surface area contributed by atoms with Crippen LogP contribution in [0.15, 0.2) is 34.7 Å². The average Bonchev–Trinajstić information content (AvgIpc) is 2.69. The van der Waals surface area contributed by atoms with Gasteiger partial charge in [0, 0.05) is 23.0 Å². The third kappa shape index (κ3) is 1.96. The first-order valence-corrected chi connectivity index (χ1v) is 6.55. The zero-order chi connectivity index (χ0) is 12.7. The number of benzene rings is 1. The molecule has 0 aliphatic carbocycles. The minimum absolute atomic E-state index is 0.310. The van der Waals surface area contributed by atoms with E-state index in [9.17, 15) is 0 Å². The van der Waals surface area contributed by atoms with Crippen LogP contribution in [0.4, 0.5) is 0 Å². The fraction of sp³-hybridized carbons (Fsp3) is 0.333. The van der Waals surface area contributed by atoms with Crippen molar-refractivity contribution in [1.82, 2.24) is 4.90 Å². The molecule has 1 aliphatic rings. The van der Waals surface area contributed by atoms with E-state index >= 15 is 0 Å². The Hall–Kier alpha value is -1.25. The molecule has 3 heteroatoms. The lowest BCUT2D eigenvalue weighted by Crippen LogP contribution is -2.30. The first kappa shape index (κ1) is 11.8. The number of hydrogen-bond donors (Lipinski definition) is 0. The van der Waals surface area contributed by atoms with Crippen LogP contribution >= 0.6 is 11.6 Å². The molecule has 0 radical (unpaired) electrons. The van der Waals surface area contributed by atoms with Gasteiger partial charge in [-0.05, 0) is 31.7 Å². The van der Waals surface area contributed by atoms with E-state index in [1.165, 1.54) is 11.1 Å². The summed E-state index contributed by atoms with van der Waals surface area (Å²) >= 11 is 6.33. The summed E-state index contributed by atoms with van der Waals surface area (Å²) in [6, 6.07) is 10.2. The normalized spacial score (nSPS) is 19.8. The van der Waals surface area contributed by atoms with Gasteiger partial charge < -0.3 is 4.42 Å². The van der Waals surface area contributed by atoms with Crippen LogP contribution in [0.2, 0.25) is 5.02 Å². The van der Waals surface area contributed by atoms with Crippen molar-refractivity contribution in [3.63, 3.8) is 0 Å². The van der Waals surface area contributed by atoms with Crippen molar-refractivity contribution in [2.24, 2.45) is 0 Å². The molecule has 0 bridgehead atoms. The molecule has 0 N–H and O–H groups in total. The Morgan fingerprint density at radius 1 is 1.28 bits per heavy atom. The second-order valence-electron chi connectivity index (χ2n) is 5.01. The predicted molar refractivity (Wildman–Crippen MR) is 73.1 cm³/mol. The number of fused-ring (bicyclic) bond motifs is 1. The lowest BCUT2D eigenvalue weighted by molar-refractivity contribution is 0.260. The van der Waals surface area contributed by atoms with Crippen LogP contribution in [0.1, 0.15) is 28.6 Å². The standard InChI is InChI=1S/C15H16ClNO/c1-10-7-12-13(8-17(2)9-15(12)18-10)11-5-3-4-6-14(11)16/h3-7,13H,8-9H2,1-2H3. The maximum absolute atomic E-state index is 6.33. The van der Waals surface area contributed by atoms with Crippen molar-refractivity contribution in [2.45, 2.75) is 19.4 Å². The molecule has 0 amide bonds. The van der Waals surface area contributed by atoms with Gasteiger partial charge in [0.05, 0.1) is 6.54 Å². The van der Waals surface area contributed by atoms with E-state index in [1.807, 2.05) is 25.1 Å². The van der Waals surface area contributed by atoms with Gasteiger partial charge in [0.25, 0.3) is 0 Å². The molecule has 18 heavy (non-hydrogen) atoms. The van der Waals surface area contributed by atoms with Crippen LogP contribution in [0.3, 0.4) is 0 Å². The Kier molecular flexibility index (Phi) is 2.92. The number of hydrogen-bond acceptors (Lipinski definition) is 2. The van der Waals surface area contributed by atoms with Crippen molar-refractivity contribution in [3.05, 3.63) is 58.0 Å². The zero-order valence-corrected chi connectivity index (χ0v) is 11.4. The van der Waals surface area contributed by atoms with Gasteiger partial charge in [-0.25, -0.2) is 0 Å². The Morgan fingerprint density at radius 2 is 2.06 bits per heavy atom. The second kappa shape index (κ2) is 4.45. The van der Waals surface area contributed by atoms with Gasteiger partial charge in [0.2, 0.25) is 0 Å². The van der Waals surface area contributed by atoms with E-state index in [0.717, 1.165) is 29.6 Å². The van der Waals surface area contributed by atoms with Gasteiger partial charge >= 0.3 is 0 Å². The summed E-state index contributed by atoms with van der Waals surface area (Å²) in [6.45, 7) is 3.86. The molecule has 1 aromatic heterocycles. The topological polar surface area (TPSA) is 16.4 Å². The molecule has 1 unspecified atom stereocenters. The first-order chi connectivity index (χ1) is 8.65. The molecular weight excluding hydrogens is 246 g/mol. The molecule has 1 atom stereocenters. The molecule has 0 fully saturated rings. The first-order valence-electron chi connectivity index (χ1n) is 6.17. The van der Waals surface area contributed by atoms with Gasteiger partial charge in [-0.2, -0.15) is 0 Å². The minimum atomic E-state index is 0.310. The lowest BCUT2D eigenvalue weighted by Gasteiger charge is -2.29. The maximum Gasteiger partial charge on any atom is 0.122 e. The molecule has 2 heterocycles. The van der Waals surface area contributed by atoms with Crippen molar-refractivity contribution in [1.29, 1.82) is 0 Å². The predicted octanol–water partition coefficient (Wildman–Crippen LogP) is 3.82. The Morgan fingerprint density at radius 3 is 2.83 bits per heavy atom. The summed E-state index contributed by atoms with van der Waals surface area (Å²) in [6.07, 6.45) is 0. The van der Waals surface area contributed by atoms with Crippen LogP contribution in [0.5, 0.6) is 0 Å². The monoisotopic (exact) mass is 261 g/mol. The van der Waals surface area contributed by atoms with E-state index in [4.69, 9.17) is 16.0 Å². The molecule has 3 rings (SSSR count). The van der Waals surface area contributed by atoms with E-state index in [-0.39, 0.29) is 0 Å². The minimum Gasteiger partial charge on any atom is -0.465 e. The van der Waals surface area contributed by atoms with E-state index in [0.29, 0.717) is 5.92 Å². The van der Waals surface area contributed by atoms with Crippen molar-refractivity contribution < 1.29 is 4.42 Å². The van der Waals surface area contributed by atoms with Crippen LogP contribution in [0.25, 0.3) is 0 Å². The molecule has 1 aliphatic heterocycles. The molecule has 94 valence electrons. The van der Waals surface area contributed by atoms with E-state index < -0.39 is 0 Å². The van der Waals surface area contributed by atoms with E-state index in [2.05, 4.69) is 24.1 Å². The quantitative estimate of drug-likeness (QED) is 0.776. The molecule has 0 saturated heterocycles. The molecular formula is C15H16ClNO. The average molecular weight is 262 g/mol. The number of likely N-dealkylation sites (N-methyl/N-ethyl adjacent to an activating group) is 1. The van der Waals surface area contributed by atoms with Gasteiger partial charge in [0.15, 0.2) is 0 Å². The molecule has 0 spiro atoms. The fourth-order valence-corrected chi connectivity index (χ4v) is 3.01. The summed E-state index contributed by atoms with van der Waals surface area (Å²) in [7, 11) is 2.12. The molecule has 2 aromatic rings. The van der Waals surface area contributed by atoms with Gasteiger partial charge in [-0.1, -0.05) is 29.8 Å². The Balaban J connectivity index is 2.10. The second-order valence-corrected chi connectivity index (χ2v) is 5.41. The SMILES string of the molecule is Cc1cc2c(o1)CN(C)CC2c1ccccc1Cl. The highest BCUT2D eigenvalue weighted by Gasteiger charge is 2.28. The number of rotatable bonds is 1. The maximum atomic E-state index is 6.33. The highest BCUT2D eigenvalue weighted by Crippen LogP contribution is 2.37. The molecule has 2 nitrogen and oxygen atoms in total. The van der Waals surface area contributed by atoms with Gasteiger partial charge in [-0.3, -0.25) is 4.90 Å². The van der Waals surface area contributed by atoms with Crippen LogP contribution in [-0.4, -0.2) is 18.5 Å². The molecule has 1 aromatic carbocycles. The summed E-state index contributed by atoms with van der Waals surface area (Å²) in [5.74, 6) is 2.36. The summed E-state index contributed by atoms with van der Waals surface area (Å²) in [5.41, 5.74) is 2.48. The van der Waals surface area contributed by atoms with Crippen LogP contribution < -0.4 is 0 Å². The lowest BCUT2D eigenvalue weighted by atomic mass is 9.88. The smallest absolute Gasteiger partial charge is 0.122 e. The highest BCUT2D eigenvalue weighted by molar-refractivity contribution is 6.31. The van der Waals surface area contributed by atoms with Crippen molar-refractivity contribution in [2.75, 3.05) is 13.6 Å². The third-order valence-corrected chi connectivity index (χ3v) is 3.87.